The Hall–Kier alpha value is -2.45. The van der Waals surface area contributed by atoms with Crippen LogP contribution >= 0.6 is 0 Å². The summed E-state index contributed by atoms with van der Waals surface area (Å²) in [6, 6.07) is 5.27. The number of carbonyl (C=O) groups excluding carboxylic acids is 1. The first-order valence-electron chi connectivity index (χ1n) is 8.02. The van der Waals surface area contributed by atoms with E-state index in [9.17, 15) is 18.0 Å². The van der Waals surface area contributed by atoms with Crippen molar-refractivity contribution < 1.29 is 22.5 Å². The van der Waals surface area contributed by atoms with Crippen molar-refractivity contribution in [2.45, 2.75) is 31.9 Å². The molecule has 1 unspecified atom stereocenters. The van der Waals surface area contributed by atoms with Gasteiger partial charge in [-0.2, -0.15) is 18.2 Å². The second-order valence-electron chi connectivity index (χ2n) is 5.95. The topological polar surface area (TPSA) is 72.1 Å². The Morgan fingerprint density at radius 1 is 1.36 bits per heavy atom. The molecule has 0 spiro atoms. The van der Waals surface area contributed by atoms with Crippen molar-refractivity contribution >= 4 is 5.91 Å². The number of pyridine rings is 1. The van der Waals surface area contributed by atoms with E-state index in [0.717, 1.165) is 0 Å². The summed E-state index contributed by atoms with van der Waals surface area (Å²) in [5.41, 5.74) is 0.549. The van der Waals surface area contributed by atoms with E-state index in [4.69, 9.17) is 4.52 Å². The van der Waals surface area contributed by atoms with Crippen LogP contribution in [0.1, 0.15) is 25.2 Å². The molecule has 1 atom stereocenters. The summed E-state index contributed by atoms with van der Waals surface area (Å²) < 4.78 is 43.5. The van der Waals surface area contributed by atoms with Crippen LogP contribution in [0.5, 0.6) is 0 Å². The fourth-order valence-electron chi connectivity index (χ4n) is 2.80. The molecule has 0 N–H and O–H groups in total. The first-order valence-corrected chi connectivity index (χ1v) is 8.02. The van der Waals surface area contributed by atoms with Crippen LogP contribution in [0.4, 0.5) is 13.2 Å². The lowest BCUT2D eigenvalue weighted by Gasteiger charge is -2.33. The number of aromatic nitrogens is 3. The minimum absolute atomic E-state index is 0.0361. The molecular weight excluding hydrogens is 337 g/mol. The highest BCUT2D eigenvalue weighted by Crippen LogP contribution is 2.33. The minimum Gasteiger partial charge on any atom is -0.342 e. The normalized spacial score (nSPS) is 18.4. The van der Waals surface area contributed by atoms with Crippen molar-refractivity contribution in [2.24, 2.45) is 5.92 Å². The molecule has 2 aromatic rings. The van der Waals surface area contributed by atoms with Crippen molar-refractivity contribution in [2.75, 3.05) is 13.1 Å². The highest BCUT2D eigenvalue weighted by molar-refractivity contribution is 5.76. The summed E-state index contributed by atoms with van der Waals surface area (Å²) >= 11 is 0. The zero-order valence-corrected chi connectivity index (χ0v) is 13.4. The molecule has 9 heteroatoms. The minimum atomic E-state index is -4.26. The second kappa shape index (κ2) is 7.20. The number of rotatable bonds is 4. The molecule has 1 aliphatic heterocycles. The molecule has 25 heavy (non-hydrogen) atoms. The number of halogens is 3. The molecular formula is C16H17F3N4O2. The Kier molecular flexibility index (Phi) is 5.00. The molecule has 1 fully saturated rings. The van der Waals surface area contributed by atoms with Crippen molar-refractivity contribution in [3.63, 3.8) is 0 Å². The zero-order chi connectivity index (χ0) is 17.9. The van der Waals surface area contributed by atoms with E-state index in [1.165, 1.54) is 4.90 Å². The quantitative estimate of drug-likeness (QED) is 0.844. The van der Waals surface area contributed by atoms with Crippen molar-refractivity contribution in [3.05, 3.63) is 30.3 Å². The highest BCUT2D eigenvalue weighted by Gasteiger charge is 2.42. The largest absolute Gasteiger partial charge is 0.393 e. The number of likely N-dealkylation sites (tertiary alicyclic amines) is 1. The molecule has 0 aliphatic carbocycles. The molecule has 0 aromatic carbocycles. The number of aryl methyl sites for hydroxylation is 1. The molecule has 1 aliphatic rings. The van der Waals surface area contributed by atoms with Gasteiger partial charge in [0.25, 0.3) is 0 Å². The van der Waals surface area contributed by atoms with E-state index in [1.54, 1.807) is 24.4 Å². The molecule has 0 bridgehead atoms. The number of nitrogens with zero attached hydrogens (tertiary/aromatic N) is 4. The monoisotopic (exact) mass is 354 g/mol. The zero-order valence-electron chi connectivity index (χ0n) is 13.4. The average Bonchev–Trinajstić information content (AvgIpc) is 3.09. The van der Waals surface area contributed by atoms with Gasteiger partial charge in [0, 0.05) is 32.1 Å². The van der Waals surface area contributed by atoms with Crippen LogP contribution in [0.25, 0.3) is 11.5 Å². The summed E-state index contributed by atoms with van der Waals surface area (Å²) in [4.78, 5) is 21.7. The van der Waals surface area contributed by atoms with E-state index in [1.807, 2.05) is 0 Å². The lowest BCUT2D eigenvalue weighted by Crippen LogP contribution is -2.44. The van der Waals surface area contributed by atoms with Gasteiger partial charge >= 0.3 is 6.18 Å². The van der Waals surface area contributed by atoms with Gasteiger partial charge in [-0.1, -0.05) is 11.2 Å². The lowest BCUT2D eigenvalue weighted by atomic mass is 9.97. The predicted octanol–water partition coefficient (Wildman–Crippen LogP) is 2.87. The van der Waals surface area contributed by atoms with Crippen molar-refractivity contribution in [3.8, 4) is 11.5 Å². The molecule has 6 nitrogen and oxygen atoms in total. The van der Waals surface area contributed by atoms with E-state index >= 15 is 0 Å². The predicted molar refractivity (Wildman–Crippen MR) is 81.2 cm³/mol. The van der Waals surface area contributed by atoms with Crippen LogP contribution in [0, 0.1) is 5.92 Å². The van der Waals surface area contributed by atoms with Gasteiger partial charge in [-0.15, -0.1) is 0 Å². The summed E-state index contributed by atoms with van der Waals surface area (Å²) in [6.45, 7) is 0.0831. The average molecular weight is 354 g/mol. The maximum atomic E-state index is 12.8. The van der Waals surface area contributed by atoms with Gasteiger partial charge in [0.05, 0.1) is 5.92 Å². The Bertz CT molecular complexity index is 718. The maximum absolute atomic E-state index is 12.8. The van der Waals surface area contributed by atoms with Gasteiger partial charge in [0.2, 0.25) is 17.6 Å². The number of hydrogen-bond acceptors (Lipinski definition) is 5. The van der Waals surface area contributed by atoms with Crippen LogP contribution in [-0.4, -0.2) is 45.2 Å². The number of amides is 1. The molecule has 3 heterocycles. The maximum Gasteiger partial charge on any atom is 0.393 e. The molecule has 3 rings (SSSR count). The van der Waals surface area contributed by atoms with E-state index < -0.39 is 12.1 Å². The number of hydrogen-bond donors (Lipinski definition) is 0. The smallest absolute Gasteiger partial charge is 0.342 e. The van der Waals surface area contributed by atoms with E-state index in [0.29, 0.717) is 24.5 Å². The summed E-state index contributed by atoms with van der Waals surface area (Å²) in [7, 11) is 0. The Labute approximate surface area is 142 Å². The number of carbonyl (C=O) groups is 1. The third kappa shape index (κ3) is 4.34. The standard InChI is InChI=1S/C16H17F3N4O2/c17-16(18,19)11-4-3-9-23(10-11)14(24)7-6-13-21-15(22-25-13)12-5-1-2-8-20-12/h1-2,5,8,11H,3-4,6-7,9-10H2. The van der Waals surface area contributed by atoms with Crippen molar-refractivity contribution in [1.82, 2.24) is 20.0 Å². The third-order valence-corrected chi connectivity index (χ3v) is 4.15. The van der Waals surface area contributed by atoms with Crippen LogP contribution in [-0.2, 0) is 11.2 Å². The SMILES string of the molecule is O=C(CCc1nc(-c2ccccn2)no1)N1CCCC(C(F)(F)F)C1. The van der Waals surface area contributed by atoms with Gasteiger partial charge in [-0.3, -0.25) is 9.78 Å². The number of piperidine rings is 1. The fourth-order valence-corrected chi connectivity index (χ4v) is 2.80. The fraction of sp³-hybridized carbons (Fsp3) is 0.500. The van der Waals surface area contributed by atoms with Crippen LogP contribution in [0.15, 0.2) is 28.9 Å². The van der Waals surface area contributed by atoms with Gasteiger partial charge in [-0.05, 0) is 25.0 Å². The molecule has 0 radical (unpaired) electrons. The molecule has 1 amide bonds. The van der Waals surface area contributed by atoms with Crippen LogP contribution in [0.3, 0.4) is 0 Å². The van der Waals surface area contributed by atoms with Crippen LogP contribution < -0.4 is 0 Å². The van der Waals surface area contributed by atoms with Crippen molar-refractivity contribution in [1.29, 1.82) is 0 Å². The Morgan fingerprint density at radius 2 is 2.20 bits per heavy atom. The summed E-state index contributed by atoms with van der Waals surface area (Å²) in [6.07, 6.45) is -2.00. The number of alkyl halides is 3. The van der Waals surface area contributed by atoms with Gasteiger partial charge in [0.1, 0.15) is 5.69 Å². The first kappa shape index (κ1) is 17.4. The van der Waals surface area contributed by atoms with Gasteiger partial charge in [0.15, 0.2) is 0 Å². The highest BCUT2D eigenvalue weighted by atomic mass is 19.4. The summed E-state index contributed by atoms with van der Waals surface area (Å²) in [5.74, 6) is -1.19. The van der Waals surface area contributed by atoms with Gasteiger partial charge in [-0.25, -0.2) is 0 Å². The molecule has 2 aromatic heterocycles. The molecule has 0 saturated carbocycles. The third-order valence-electron chi connectivity index (χ3n) is 4.15. The first-order chi connectivity index (χ1) is 11.9. The molecule has 134 valence electrons. The van der Waals surface area contributed by atoms with Gasteiger partial charge < -0.3 is 9.42 Å². The van der Waals surface area contributed by atoms with E-state index in [-0.39, 0.29) is 37.6 Å². The Balaban J connectivity index is 1.55. The Morgan fingerprint density at radius 3 is 2.92 bits per heavy atom. The lowest BCUT2D eigenvalue weighted by molar-refractivity contribution is -0.188. The second-order valence-corrected chi connectivity index (χ2v) is 5.95. The summed E-state index contributed by atoms with van der Waals surface area (Å²) in [5, 5.41) is 3.80. The van der Waals surface area contributed by atoms with E-state index in [2.05, 4.69) is 15.1 Å². The van der Waals surface area contributed by atoms with Crippen LogP contribution in [0.2, 0.25) is 0 Å². The molecule has 1 saturated heterocycles.